The Morgan fingerprint density at radius 1 is 1.47 bits per heavy atom. The van der Waals surface area contributed by atoms with E-state index in [9.17, 15) is 8.42 Å². The molecule has 0 saturated heterocycles. The molecule has 1 aromatic heterocycles. The summed E-state index contributed by atoms with van der Waals surface area (Å²) in [4.78, 5) is 0.895. The zero-order chi connectivity index (χ0) is 13.9. The summed E-state index contributed by atoms with van der Waals surface area (Å²) < 4.78 is 27.5. The van der Waals surface area contributed by atoms with Gasteiger partial charge in [0.15, 0.2) is 0 Å². The van der Waals surface area contributed by atoms with E-state index in [0.29, 0.717) is 17.2 Å². The summed E-state index contributed by atoms with van der Waals surface area (Å²) >= 11 is 2.98. The third-order valence-electron chi connectivity index (χ3n) is 3.54. The van der Waals surface area contributed by atoms with E-state index < -0.39 is 10.0 Å². The Hall–Kier alpha value is -0.0800. The average molecular weight is 321 g/mol. The fourth-order valence-corrected chi connectivity index (χ4v) is 5.59. The first-order valence-corrected chi connectivity index (χ1v) is 9.78. The molecule has 0 bridgehead atoms. The monoisotopic (exact) mass is 321 g/mol. The molecule has 1 fully saturated rings. The van der Waals surface area contributed by atoms with E-state index in [4.69, 9.17) is 5.11 Å². The molecule has 0 unspecified atom stereocenters. The molecule has 4 nitrogen and oxygen atoms in total. The van der Waals surface area contributed by atoms with Gasteiger partial charge >= 0.3 is 0 Å². The van der Waals surface area contributed by atoms with Crippen molar-refractivity contribution in [3.8, 4) is 0 Å². The Kier molecular flexibility index (Phi) is 4.94. The van der Waals surface area contributed by atoms with Crippen LogP contribution >= 0.6 is 23.1 Å². The number of hydrogen-bond donors (Lipinski definition) is 2. The lowest BCUT2D eigenvalue weighted by atomic mass is 9.84. The Morgan fingerprint density at radius 3 is 2.74 bits per heavy atom. The molecule has 0 aromatic carbocycles. The summed E-state index contributed by atoms with van der Waals surface area (Å²) in [6, 6.07) is 3.38. The fraction of sp³-hybridized carbons (Fsp3) is 0.667. The van der Waals surface area contributed by atoms with Crippen molar-refractivity contribution in [1.29, 1.82) is 0 Å². The van der Waals surface area contributed by atoms with Gasteiger partial charge in [0.25, 0.3) is 0 Å². The maximum atomic E-state index is 12.2. The average Bonchev–Trinajstić information content (AvgIpc) is 2.78. The quantitative estimate of drug-likeness (QED) is 0.804. The largest absolute Gasteiger partial charge is 0.396 e. The molecule has 0 aliphatic heterocycles. The lowest BCUT2D eigenvalue weighted by Gasteiger charge is -2.40. The van der Waals surface area contributed by atoms with Gasteiger partial charge in [-0.1, -0.05) is 6.42 Å². The fourth-order valence-electron chi connectivity index (χ4n) is 2.07. The van der Waals surface area contributed by atoms with Gasteiger partial charge in [-0.15, -0.1) is 11.3 Å². The van der Waals surface area contributed by atoms with Crippen molar-refractivity contribution in [2.75, 3.05) is 19.4 Å². The standard InChI is InChI=1S/C12H19NO3S3/c1-17-12(6-2-7-12)9-13-19(15,16)11-4-3-10(18-11)5-8-14/h3-4,13-14H,2,5-9H2,1H3. The van der Waals surface area contributed by atoms with Crippen molar-refractivity contribution in [3.63, 3.8) is 0 Å². The first-order valence-electron chi connectivity index (χ1n) is 6.26. The molecule has 108 valence electrons. The van der Waals surface area contributed by atoms with Gasteiger partial charge in [0.2, 0.25) is 10.0 Å². The summed E-state index contributed by atoms with van der Waals surface area (Å²) in [6.45, 7) is 0.548. The van der Waals surface area contributed by atoms with Crippen LogP contribution < -0.4 is 4.72 Å². The van der Waals surface area contributed by atoms with E-state index in [0.717, 1.165) is 17.7 Å². The SMILES string of the molecule is CSC1(CNS(=O)(=O)c2ccc(CCO)s2)CCC1. The van der Waals surface area contributed by atoms with E-state index in [2.05, 4.69) is 4.72 Å². The topological polar surface area (TPSA) is 66.4 Å². The van der Waals surface area contributed by atoms with Crippen molar-refractivity contribution in [3.05, 3.63) is 17.0 Å². The van der Waals surface area contributed by atoms with Gasteiger partial charge in [0.1, 0.15) is 4.21 Å². The third-order valence-corrected chi connectivity index (χ3v) is 8.00. The van der Waals surface area contributed by atoms with Crippen LogP contribution in [0.2, 0.25) is 0 Å². The number of thioether (sulfide) groups is 1. The van der Waals surface area contributed by atoms with E-state index in [1.165, 1.54) is 17.8 Å². The Morgan fingerprint density at radius 2 is 2.21 bits per heavy atom. The zero-order valence-electron chi connectivity index (χ0n) is 10.9. The number of nitrogens with one attached hydrogen (secondary N) is 1. The highest BCUT2D eigenvalue weighted by molar-refractivity contribution is 8.00. The zero-order valence-corrected chi connectivity index (χ0v) is 13.3. The molecular formula is C12H19NO3S3. The smallest absolute Gasteiger partial charge is 0.250 e. The van der Waals surface area contributed by atoms with Crippen LogP contribution in [0.4, 0.5) is 0 Å². The normalized spacial score (nSPS) is 18.2. The number of aliphatic hydroxyl groups is 1. The van der Waals surface area contributed by atoms with Crippen molar-refractivity contribution < 1.29 is 13.5 Å². The molecule has 0 radical (unpaired) electrons. The predicted molar refractivity (Wildman–Crippen MR) is 80.4 cm³/mol. The number of aliphatic hydroxyl groups excluding tert-OH is 1. The lowest BCUT2D eigenvalue weighted by molar-refractivity contribution is 0.300. The number of hydrogen-bond acceptors (Lipinski definition) is 5. The van der Waals surface area contributed by atoms with Crippen LogP contribution in [0.15, 0.2) is 16.3 Å². The Labute approximate surface area is 122 Å². The lowest BCUT2D eigenvalue weighted by Crippen LogP contribution is -2.45. The summed E-state index contributed by atoms with van der Waals surface area (Å²) in [6.07, 6.45) is 5.89. The number of thiophene rings is 1. The predicted octanol–water partition coefficient (Wildman–Crippen LogP) is 1.85. The Bertz CT molecular complexity index is 515. The van der Waals surface area contributed by atoms with E-state index in [1.54, 1.807) is 23.9 Å². The summed E-state index contributed by atoms with van der Waals surface area (Å²) in [7, 11) is -3.40. The first-order chi connectivity index (χ1) is 9.01. The van der Waals surface area contributed by atoms with Gasteiger partial charge in [-0.3, -0.25) is 0 Å². The maximum absolute atomic E-state index is 12.2. The molecular weight excluding hydrogens is 302 g/mol. The highest BCUT2D eigenvalue weighted by atomic mass is 32.2. The van der Waals surface area contributed by atoms with Crippen LogP contribution in [0.1, 0.15) is 24.1 Å². The van der Waals surface area contributed by atoms with E-state index in [1.807, 2.05) is 6.26 Å². The molecule has 1 heterocycles. The molecule has 2 N–H and O–H groups in total. The van der Waals surface area contributed by atoms with Crippen molar-refractivity contribution in [2.24, 2.45) is 0 Å². The molecule has 7 heteroatoms. The van der Waals surface area contributed by atoms with Crippen LogP contribution in [-0.4, -0.2) is 37.7 Å². The minimum absolute atomic E-state index is 0.0447. The van der Waals surface area contributed by atoms with Gasteiger partial charge in [-0.25, -0.2) is 13.1 Å². The highest BCUT2D eigenvalue weighted by Crippen LogP contribution is 2.42. The van der Waals surface area contributed by atoms with Gasteiger partial charge < -0.3 is 5.11 Å². The van der Waals surface area contributed by atoms with Crippen molar-refractivity contribution >= 4 is 33.1 Å². The molecule has 0 amide bonds. The minimum atomic E-state index is -3.40. The molecule has 19 heavy (non-hydrogen) atoms. The molecule has 1 aliphatic rings. The molecule has 0 spiro atoms. The van der Waals surface area contributed by atoms with Crippen molar-refractivity contribution in [2.45, 2.75) is 34.6 Å². The second-order valence-electron chi connectivity index (χ2n) is 4.76. The van der Waals surface area contributed by atoms with E-state index in [-0.39, 0.29) is 11.4 Å². The van der Waals surface area contributed by atoms with Crippen LogP contribution in [-0.2, 0) is 16.4 Å². The molecule has 0 atom stereocenters. The van der Waals surface area contributed by atoms with Gasteiger partial charge in [-0.05, 0) is 31.2 Å². The van der Waals surface area contributed by atoms with Crippen LogP contribution in [0.3, 0.4) is 0 Å². The van der Waals surface area contributed by atoms with Crippen molar-refractivity contribution in [1.82, 2.24) is 4.72 Å². The Balaban J connectivity index is 2.01. The second-order valence-corrected chi connectivity index (χ2v) is 9.20. The highest BCUT2D eigenvalue weighted by Gasteiger charge is 2.37. The third kappa shape index (κ3) is 3.52. The van der Waals surface area contributed by atoms with E-state index >= 15 is 0 Å². The van der Waals surface area contributed by atoms with Gasteiger partial charge in [0, 0.05) is 29.2 Å². The summed E-state index contributed by atoms with van der Waals surface area (Å²) in [5, 5.41) is 8.85. The minimum Gasteiger partial charge on any atom is -0.396 e. The van der Waals surface area contributed by atoms with Crippen LogP contribution in [0.5, 0.6) is 0 Å². The summed E-state index contributed by atoms with van der Waals surface area (Å²) in [5.74, 6) is 0. The van der Waals surface area contributed by atoms with Gasteiger partial charge in [0.05, 0.1) is 0 Å². The second kappa shape index (κ2) is 6.13. The number of sulfonamides is 1. The maximum Gasteiger partial charge on any atom is 0.250 e. The molecule has 1 saturated carbocycles. The first kappa shape index (κ1) is 15.3. The molecule has 2 rings (SSSR count). The number of rotatable bonds is 7. The van der Waals surface area contributed by atoms with Crippen LogP contribution in [0.25, 0.3) is 0 Å². The summed E-state index contributed by atoms with van der Waals surface area (Å²) in [5.41, 5.74) is 0. The van der Waals surface area contributed by atoms with Gasteiger partial charge in [-0.2, -0.15) is 11.8 Å². The van der Waals surface area contributed by atoms with Crippen LogP contribution in [0, 0.1) is 0 Å². The molecule has 1 aliphatic carbocycles. The molecule has 1 aromatic rings.